The Morgan fingerprint density at radius 2 is 1.36 bits per heavy atom. The lowest BCUT2D eigenvalue weighted by Crippen LogP contribution is -2.65. The van der Waals surface area contributed by atoms with Gasteiger partial charge in [-0.1, -0.05) is 91.0 Å². The normalized spacial score (nSPS) is 18.5. The van der Waals surface area contributed by atoms with Crippen LogP contribution in [0.3, 0.4) is 0 Å². The van der Waals surface area contributed by atoms with Crippen molar-refractivity contribution in [3.05, 3.63) is 121 Å². The Hall–Kier alpha value is -4.31. The number of hydroxylamine groups is 2. The van der Waals surface area contributed by atoms with Crippen molar-refractivity contribution in [2.45, 2.75) is 45.1 Å². The summed E-state index contributed by atoms with van der Waals surface area (Å²) in [7, 11) is -2.04. The van der Waals surface area contributed by atoms with Gasteiger partial charge in [-0.15, -0.1) is 0 Å². The number of benzene rings is 4. The van der Waals surface area contributed by atoms with Gasteiger partial charge in [0.2, 0.25) is 0 Å². The lowest BCUT2D eigenvalue weighted by atomic mass is 9.81. The van der Waals surface area contributed by atoms with Crippen LogP contribution in [0.2, 0.25) is 19.6 Å². The molecule has 11 heteroatoms. The first-order chi connectivity index (χ1) is 25.5. The number of hydrogen-bond acceptors (Lipinski definition) is 8. The largest absolute Gasteiger partial charge is 0.492 e. The Morgan fingerprint density at radius 3 is 1.87 bits per heavy atom. The summed E-state index contributed by atoms with van der Waals surface area (Å²) in [5, 5.41) is 4.02. The number of morpholine rings is 1. The highest BCUT2D eigenvalue weighted by molar-refractivity contribution is 7.95. The van der Waals surface area contributed by atoms with Crippen LogP contribution in [-0.2, 0) is 23.6 Å². The molecule has 0 unspecified atom stereocenters. The lowest BCUT2D eigenvalue weighted by Gasteiger charge is -2.47. The molecule has 0 spiro atoms. The van der Waals surface area contributed by atoms with E-state index in [1.54, 1.807) is 30.1 Å². The van der Waals surface area contributed by atoms with Crippen LogP contribution < -0.4 is 20.7 Å². The predicted octanol–water partition coefficient (Wildman–Crippen LogP) is 5.29. The number of nitrogens with zero attached hydrogens (tertiary/aromatic N) is 2. The van der Waals surface area contributed by atoms with Gasteiger partial charge in [-0.05, 0) is 73.6 Å². The molecule has 0 radical (unpaired) electrons. The Balaban J connectivity index is 1.25. The van der Waals surface area contributed by atoms with Crippen LogP contribution in [0.15, 0.2) is 115 Å². The molecule has 2 aliphatic rings. The minimum atomic E-state index is -2.69. The molecule has 2 heterocycles. The van der Waals surface area contributed by atoms with E-state index < -0.39 is 39.2 Å². The third-order valence-electron chi connectivity index (χ3n) is 9.59. The van der Waals surface area contributed by atoms with E-state index >= 15 is 0 Å². The first kappa shape index (κ1) is 38.4. The second kappa shape index (κ2) is 17.2. The van der Waals surface area contributed by atoms with E-state index in [2.05, 4.69) is 24.5 Å². The van der Waals surface area contributed by atoms with Crippen molar-refractivity contribution in [2.75, 3.05) is 39.5 Å². The summed E-state index contributed by atoms with van der Waals surface area (Å²) in [6.45, 7) is 9.94. The van der Waals surface area contributed by atoms with Crippen molar-refractivity contribution < 1.29 is 33.1 Å². The van der Waals surface area contributed by atoms with Gasteiger partial charge >= 0.3 is 5.97 Å². The van der Waals surface area contributed by atoms with Crippen molar-refractivity contribution in [2.24, 2.45) is 5.92 Å². The number of ether oxygens (including phenoxy) is 2. The molecule has 53 heavy (non-hydrogen) atoms. The molecule has 0 N–H and O–H groups in total. The fraction of sp³-hybridized carbons (Fsp3) is 0.333. The van der Waals surface area contributed by atoms with Gasteiger partial charge in [0, 0.05) is 37.4 Å². The summed E-state index contributed by atoms with van der Waals surface area (Å²) in [6.07, 6.45) is -0.492. The fourth-order valence-corrected chi connectivity index (χ4v) is 12.0. The number of Topliss-reactive ketones (excluding diaryl/α,β-unsaturated/α-hetero) is 1. The lowest BCUT2D eigenvalue weighted by molar-refractivity contribution is -0.239. The minimum absolute atomic E-state index is 0.0311. The molecule has 4 aromatic carbocycles. The van der Waals surface area contributed by atoms with E-state index in [-0.39, 0.29) is 18.1 Å². The Bertz CT molecular complexity index is 1790. The van der Waals surface area contributed by atoms with Crippen LogP contribution in [0.25, 0.3) is 0 Å². The quantitative estimate of drug-likeness (QED) is 0.0701. The van der Waals surface area contributed by atoms with Gasteiger partial charge in [0.1, 0.15) is 12.4 Å². The molecule has 9 nitrogen and oxygen atoms in total. The molecule has 0 aromatic heterocycles. The molecular formula is C42H49N2O7PSi. The SMILES string of the molecule is C[C@@H](O[Si](C)(C)C)[C@H]1C(=O)N(OC(=O)C=P(c2ccccc2)(c2ccccc2)c2ccccc2)[C@@H]1CC(=O)c1ccc(OCCN2CCOCC2)cc1. The highest BCUT2D eigenvalue weighted by Gasteiger charge is 2.54. The highest BCUT2D eigenvalue weighted by atomic mass is 31.2. The second-order valence-electron chi connectivity index (χ2n) is 14.4. The maximum Gasteiger partial charge on any atom is 0.357 e. The molecule has 2 aliphatic heterocycles. The number of amides is 1. The third-order valence-corrected chi connectivity index (χ3v) is 14.6. The molecule has 0 saturated carbocycles. The summed E-state index contributed by atoms with van der Waals surface area (Å²) in [6, 6.07) is 36.2. The fourth-order valence-electron chi connectivity index (χ4n) is 7.11. The van der Waals surface area contributed by atoms with Crippen LogP contribution in [-0.4, -0.2) is 93.3 Å². The molecule has 2 fully saturated rings. The van der Waals surface area contributed by atoms with Crippen LogP contribution in [0.5, 0.6) is 5.75 Å². The van der Waals surface area contributed by atoms with Gasteiger partial charge in [0.15, 0.2) is 14.1 Å². The Kier molecular flexibility index (Phi) is 12.5. The maximum absolute atomic E-state index is 14.2. The molecule has 2 saturated heterocycles. The van der Waals surface area contributed by atoms with Gasteiger partial charge in [-0.25, -0.2) is 4.79 Å². The maximum atomic E-state index is 14.2. The summed E-state index contributed by atoms with van der Waals surface area (Å²) < 4.78 is 17.7. The molecule has 278 valence electrons. The van der Waals surface area contributed by atoms with Gasteiger partial charge in [-0.2, -0.15) is 5.06 Å². The standard InChI is InChI=1S/C42H49N2O7PSi/c1-32(51-53(2,3)4)41-38(30-39(45)33-20-22-34(23-21-33)49-29-26-43-24-27-48-28-25-43)44(42(41)47)50-40(46)31-52(35-14-8-5-9-15-35,36-16-10-6-11-17-36)37-18-12-7-13-19-37/h5-23,31-32,38,41H,24-30H2,1-4H3/t32-,38-,41-/m1/s1. The first-order valence-electron chi connectivity index (χ1n) is 18.3. The van der Waals surface area contributed by atoms with Gasteiger partial charge in [0.05, 0.1) is 31.3 Å². The van der Waals surface area contributed by atoms with Crippen LogP contribution in [0.4, 0.5) is 0 Å². The first-order valence-corrected chi connectivity index (χ1v) is 23.5. The number of ketones is 1. The van der Waals surface area contributed by atoms with Crippen LogP contribution in [0.1, 0.15) is 23.7 Å². The third kappa shape index (κ3) is 9.26. The second-order valence-corrected chi connectivity index (χ2v) is 22.1. The smallest absolute Gasteiger partial charge is 0.357 e. The molecule has 0 bridgehead atoms. The van der Waals surface area contributed by atoms with Crippen molar-refractivity contribution >= 4 is 54.6 Å². The average molecular weight is 753 g/mol. The molecule has 6 rings (SSSR count). The summed E-state index contributed by atoms with van der Waals surface area (Å²) in [5.74, 6) is 0.484. The van der Waals surface area contributed by atoms with Crippen molar-refractivity contribution in [1.82, 2.24) is 9.96 Å². The van der Waals surface area contributed by atoms with E-state index in [1.165, 1.54) is 0 Å². The zero-order chi connectivity index (χ0) is 37.4. The molecule has 4 aromatic rings. The molecular weight excluding hydrogens is 704 g/mol. The zero-order valence-corrected chi connectivity index (χ0v) is 32.8. The topological polar surface area (TPSA) is 94.6 Å². The summed E-state index contributed by atoms with van der Waals surface area (Å²) in [4.78, 5) is 50.1. The van der Waals surface area contributed by atoms with E-state index in [0.29, 0.717) is 17.9 Å². The molecule has 1 amide bonds. The molecule has 0 aliphatic carbocycles. The monoisotopic (exact) mass is 752 g/mol. The number of carbonyl (C=O) groups excluding carboxylic acids is 3. The number of carbonyl (C=O) groups is 3. The van der Waals surface area contributed by atoms with Gasteiger partial charge < -0.3 is 18.7 Å². The minimum Gasteiger partial charge on any atom is -0.492 e. The van der Waals surface area contributed by atoms with Gasteiger partial charge in [0.25, 0.3) is 5.91 Å². The average Bonchev–Trinajstić information content (AvgIpc) is 3.17. The summed E-state index contributed by atoms with van der Waals surface area (Å²) >= 11 is 0. The van der Waals surface area contributed by atoms with Crippen LogP contribution >= 0.6 is 6.89 Å². The Morgan fingerprint density at radius 1 is 0.830 bits per heavy atom. The summed E-state index contributed by atoms with van der Waals surface area (Å²) in [5.41, 5.74) is 0.488. The van der Waals surface area contributed by atoms with Crippen molar-refractivity contribution in [1.29, 1.82) is 0 Å². The van der Waals surface area contributed by atoms with Crippen molar-refractivity contribution in [3.63, 3.8) is 0 Å². The predicted molar refractivity (Wildman–Crippen MR) is 213 cm³/mol. The Labute approximate surface area is 313 Å². The van der Waals surface area contributed by atoms with Crippen LogP contribution in [0, 0.1) is 5.92 Å². The number of rotatable bonds is 15. The van der Waals surface area contributed by atoms with Crippen molar-refractivity contribution in [3.8, 4) is 5.75 Å². The van der Waals surface area contributed by atoms with Gasteiger partial charge in [-0.3, -0.25) is 14.5 Å². The van der Waals surface area contributed by atoms with E-state index in [1.807, 2.05) is 97.9 Å². The van der Waals surface area contributed by atoms with E-state index in [0.717, 1.165) is 53.8 Å². The zero-order valence-electron chi connectivity index (χ0n) is 30.9. The van der Waals surface area contributed by atoms with E-state index in [4.69, 9.17) is 18.7 Å². The number of hydrogen-bond donors (Lipinski definition) is 0. The van der Waals surface area contributed by atoms with E-state index in [9.17, 15) is 14.4 Å². The highest BCUT2D eigenvalue weighted by Crippen LogP contribution is 2.44. The number of β-lactam (4-membered cyclic amide) rings is 1. The molecule has 3 atom stereocenters.